The number of H-pyrrole nitrogens is 1. The van der Waals surface area contributed by atoms with E-state index in [1.54, 1.807) is 18.2 Å². The third-order valence-electron chi connectivity index (χ3n) is 4.47. The van der Waals surface area contributed by atoms with Gasteiger partial charge in [-0.25, -0.2) is 8.78 Å². The van der Waals surface area contributed by atoms with Crippen molar-refractivity contribution in [3.05, 3.63) is 59.3 Å². The molecule has 1 amide bonds. The second kappa shape index (κ2) is 8.94. The first-order chi connectivity index (χ1) is 14.3. The number of rotatable bonds is 7. The van der Waals surface area contributed by atoms with Crippen LogP contribution in [-0.4, -0.2) is 30.3 Å². The lowest BCUT2D eigenvalue weighted by atomic mass is 10.0. The number of benzene rings is 2. The second-order valence-electron chi connectivity index (χ2n) is 7.21. The van der Waals surface area contributed by atoms with Crippen molar-refractivity contribution in [1.29, 1.82) is 0 Å². The van der Waals surface area contributed by atoms with Crippen molar-refractivity contribution in [2.24, 2.45) is 5.92 Å². The lowest BCUT2D eigenvalue weighted by Crippen LogP contribution is -2.14. The molecular weight excluding hydrogens is 392 g/mol. The van der Waals surface area contributed by atoms with Gasteiger partial charge in [0.15, 0.2) is 11.5 Å². The van der Waals surface area contributed by atoms with Crippen LogP contribution >= 0.6 is 0 Å². The number of carbonyl (C=O) groups is 1. The summed E-state index contributed by atoms with van der Waals surface area (Å²) < 4.78 is 37.7. The van der Waals surface area contributed by atoms with E-state index in [9.17, 15) is 13.6 Å². The summed E-state index contributed by atoms with van der Waals surface area (Å²) in [5, 5.41) is 10.1. The standard InChI is InChI=1S/C22H23F2N3O3/c1-12(2)7-17-21(25-22(28)14-8-15(23)11-16(24)9-14)20(27-26-17)13-5-6-18(29-3)19(10-13)30-4/h5-6,8-12H,7H2,1-4H3,(H,25,28)(H,26,27). The summed E-state index contributed by atoms with van der Waals surface area (Å²) in [7, 11) is 3.06. The molecule has 2 N–H and O–H groups in total. The molecule has 1 aromatic heterocycles. The van der Waals surface area contributed by atoms with Crippen LogP contribution in [0, 0.1) is 17.6 Å². The van der Waals surface area contributed by atoms with Gasteiger partial charge < -0.3 is 14.8 Å². The lowest BCUT2D eigenvalue weighted by molar-refractivity contribution is 0.102. The molecule has 1 heterocycles. The molecule has 30 heavy (non-hydrogen) atoms. The molecule has 0 atom stereocenters. The van der Waals surface area contributed by atoms with Gasteiger partial charge >= 0.3 is 0 Å². The molecule has 158 valence electrons. The highest BCUT2D eigenvalue weighted by Crippen LogP contribution is 2.36. The topological polar surface area (TPSA) is 76.2 Å². The molecule has 0 saturated heterocycles. The Balaban J connectivity index is 2.04. The number of carbonyl (C=O) groups excluding carboxylic acids is 1. The molecule has 0 saturated carbocycles. The molecule has 8 heteroatoms. The number of amides is 1. The SMILES string of the molecule is COc1ccc(-c2n[nH]c(CC(C)C)c2NC(=O)c2cc(F)cc(F)c2)cc1OC. The Morgan fingerprint density at radius 3 is 2.33 bits per heavy atom. The average Bonchev–Trinajstić information content (AvgIpc) is 3.08. The van der Waals surface area contributed by atoms with Crippen LogP contribution in [0.1, 0.15) is 29.9 Å². The number of nitrogens with zero attached hydrogens (tertiary/aromatic N) is 1. The van der Waals surface area contributed by atoms with Crippen LogP contribution in [0.3, 0.4) is 0 Å². The summed E-state index contributed by atoms with van der Waals surface area (Å²) in [5.41, 5.74) is 2.20. The summed E-state index contributed by atoms with van der Waals surface area (Å²) in [6, 6.07) is 7.94. The summed E-state index contributed by atoms with van der Waals surface area (Å²) in [6.07, 6.45) is 0.618. The van der Waals surface area contributed by atoms with E-state index in [2.05, 4.69) is 15.5 Å². The van der Waals surface area contributed by atoms with Crippen molar-refractivity contribution in [3.63, 3.8) is 0 Å². The minimum Gasteiger partial charge on any atom is -0.493 e. The van der Waals surface area contributed by atoms with Crippen LogP contribution in [0.4, 0.5) is 14.5 Å². The Hall–Kier alpha value is -3.42. The van der Waals surface area contributed by atoms with E-state index in [4.69, 9.17) is 9.47 Å². The van der Waals surface area contributed by atoms with E-state index in [0.717, 1.165) is 12.1 Å². The Bertz CT molecular complexity index is 1040. The summed E-state index contributed by atoms with van der Waals surface area (Å²) in [4.78, 5) is 12.7. The number of anilines is 1. The molecule has 0 radical (unpaired) electrons. The van der Waals surface area contributed by atoms with Gasteiger partial charge in [0, 0.05) is 17.2 Å². The van der Waals surface area contributed by atoms with Crippen LogP contribution in [0.5, 0.6) is 11.5 Å². The van der Waals surface area contributed by atoms with Gasteiger partial charge in [0.25, 0.3) is 5.91 Å². The van der Waals surface area contributed by atoms with Crippen LogP contribution < -0.4 is 14.8 Å². The largest absolute Gasteiger partial charge is 0.493 e. The fourth-order valence-corrected chi connectivity index (χ4v) is 3.13. The van der Waals surface area contributed by atoms with Crippen molar-refractivity contribution in [3.8, 4) is 22.8 Å². The van der Waals surface area contributed by atoms with Crippen molar-refractivity contribution >= 4 is 11.6 Å². The zero-order chi connectivity index (χ0) is 21.8. The molecule has 6 nitrogen and oxygen atoms in total. The van der Waals surface area contributed by atoms with E-state index < -0.39 is 17.5 Å². The molecule has 0 bridgehead atoms. The quantitative estimate of drug-likeness (QED) is 0.580. The zero-order valence-corrected chi connectivity index (χ0v) is 17.2. The van der Waals surface area contributed by atoms with E-state index in [-0.39, 0.29) is 11.5 Å². The maximum absolute atomic E-state index is 13.6. The normalized spacial score (nSPS) is 10.9. The van der Waals surface area contributed by atoms with Gasteiger partial charge in [-0.05, 0) is 42.7 Å². The Kier molecular flexibility index (Phi) is 6.34. The summed E-state index contributed by atoms with van der Waals surface area (Å²) >= 11 is 0. The Labute approximate surface area is 173 Å². The number of halogens is 2. The van der Waals surface area contributed by atoms with Gasteiger partial charge in [-0.1, -0.05) is 13.8 Å². The first-order valence-corrected chi connectivity index (χ1v) is 9.39. The minimum atomic E-state index is -0.824. The molecule has 0 unspecified atom stereocenters. The molecule has 0 aliphatic carbocycles. The number of methoxy groups -OCH3 is 2. The van der Waals surface area contributed by atoms with Crippen LogP contribution in [0.2, 0.25) is 0 Å². The van der Waals surface area contributed by atoms with Crippen molar-refractivity contribution in [2.45, 2.75) is 20.3 Å². The first kappa shape index (κ1) is 21.3. The average molecular weight is 415 g/mol. The Morgan fingerprint density at radius 1 is 1.07 bits per heavy atom. The van der Waals surface area contributed by atoms with Crippen LogP contribution in [0.25, 0.3) is 11.3 Å². The maximum Gasteiger partial charge on any atom is 0.255 e. The van der Waals surface area contributed by atoms with Gasteiger partial charge in [0.1, 0.15) is 17.3 Å². The first-order valence-electron chi connectivity index (χ1n) is 9.39. The smallest absolute Gasteiger partial charge is 0.255 e. The van der Waals surface area contributed by atoms with Gasteiger partial charge in [-0.2, -0.15) is 5.10 Å². The highest BCUT2D eigenvalue weighted by atomic mass is 19.1. The molecule has 0 spiro atoms. The predicted octanol–water partition coefficient (Wildman–Crippen LogP) is 4.82. The minimum absolute atomic E-state index is 0.123. The molecule has 3 rings (SSSR count). The van der Waals surface area contributed by atoms with E-state index in [1.165, 1.54) is 14.2 Å². The van der Waals surface area contributed by atoms with Crippen LogP contribution in [-0.2, 0) is 6.42 Å². The van der Waals surface area contributed by atoms with E-state index >= 15 is 0 Å². The van der Waals surface area contributed by atoms with Gasteiger partial charge in [-0.3, -0.25) is 9.89 Å². The number of hydrogen-bond acceptors (Lipinski definition) is 4. The molecule has 3 aromatic rings. The number of nitrogens with one attached hydrogen (secondary N) is 2. The van der Waals surface area contributed by atoms with E-state index in [1.807, 2.05) is 13.8 Å². The highest BCUT2D eigenvalue weighted by molar-refractivity contribution is 6.06. The monoisotopic (exact) mass is 415 g/mol. The molecule has 2 aromatic carbocycles. The third-order valence-corrected chi connectivity index (χ3v) is 4.47. The number of aromatic amines is 1. The highest BCUT2D eigenvalue weighted by Gasteiger charge is 2.20. The zero-order valence-electron chi connectivity index (χ0n) is 17.2. The fraction of sp³-hybridized carbons (Fsp3) is 0.273. The summed E-state index contributed by atoms with van der Waals surface area (Å²) in [5.74, 6) is -0.940. The van der Waals surface area contributed by atoms with Crippen molar-refractivity contribution in [1.82, 2.24) is 10.2 Å². The van der Waals surface area contributed by atoms with Gasteiger partial charge in [0.05, 0.1) is 25.6 Å². The molecule has 0 fully saturated rings. The van der Waals surface area contributed by atoms with Crippen molar-refractivity contribution < 1.29 is 23.0 Å². The second-order valence-corrected chi connectivity index (χ2v) is 7.21. The molecule has 0 aliphatic heterocycles. The van der Waals surface area contributed by atoms with Gasteiger partial charge in [-0.15, -0.1) is 0 Å². The molecule has 0 aliphatic rings. The van der Waals surface area contributed by atoms with E-state index in [0.29, 0.717) is 46.6 Å². The lowest BCUT2D eigenvalue weighted by Gasteiger charge is -2.12. The Morgan fingerprint density at radius 2 is 1.73 bits per heavy atom. The molecular formula is C22H23F2N3O3. The fourth-order valence-electron chi connectivity index (χ4n) is 3.13. The van der Waals surface area contributed by atoms with Crippen LogP contribution in [0.15, 0.2) is 36.4 Å². The number of hydrogen-bond donors (Lipinski definition) is 2. The predicted molar refractivity (Wildman–Crippen MR) is 110 cm³/mol. The number of ether oxygens (including phenoxy) is 2. The maximum atomic E-state index is 13.6. The third kappa shape index (κ3) is 4.59. The number of aromatic nitrogens is 2. The summed E-state index contributed by atoms with van der Waals surface area (Å²) in [6.45, 7) is 4.06. The van der Waals surface area contributed by atoms with Crippen molar-refractivity contribution in [2.75, 3.05) is 19.5 Å². The van der Waals surface area contributed by atoms with Gasteiger partial charge in [0.2, 0.25) is 0 Å².